The minimum absolute atomic E-state index is 0.0175. The molecule has 3 aromatic rings. The number of hydrogen-bond acceptors (Lipinski definition) is 9. The van der Waals surface area contributed by atoms with Gasteiger partial charge >= 0.3 is 0 Å². The summed E-state index contributed by atoms with van der Waals surface area (Å²) in [6, 6.07) is 12.9. The number of benzene rings is 2. The molecule has 9 heteroatoms. The number of rotatable bonds is 5. The van der Waals surface area contributed by atoms with E-state index < -0.39 is 6.04 Å². The van der Waals surface area contributed by atoms with Gasteiger partial charge in [-0.05, 0) is 46.4 Å². The molecule has 9 nitrogen and oxygen atoms in total. The van der Waals surface area contributed by atoms with Crippen molar-refractivity contribution in [1.29, 1.82) is 0 Å². The van der Waals surface area contributed by atoms with Crippen LogP contribution in [0.4, 0.5) is 11.6 Å². The Morgan fingerprint density at radius 1 is 0.939 bits per heavy atom. The van der Waals surface area contributed by atoms with E-state index in [2.05, 4.69) is 20.9 Å². The number of carbonyl (C=O) groups excluding carboxylic acids is 1. The summed E-state index contributed by atoms with van der Waals surface area (Å²) in [7, 11) is 4.80. The van der Waals surface area contributed by atoms with Gasteiger partial charge in [0.1, 0.15) is 5.75 Å². The van der Waals surface area contributed by atoms with Crippen molar-refractivity contribution in [2.45, 2.75) is 24.8 Å². The van der Waals surface area contributed by atoms with E-state index in [9.17, 15) is 4.79 Å². The van der Waals surface area contributed by atoms with Gasteiger partial charge in [0.05, 0.1) is 27.4 Å². The van der Waals surface area contributed by atoms with Gasteiger partial charge in [-0.15, -0.1) is 0 Å². The van der Waals surface area contributed by atoms with Gasteiger partial charge in [-0.25, -0.2) is 4.63 Å². The molecule has 1 aliphatic carbocycles. The predicted octanol–water partition coefficient (Wildman–Crippen LogP) is 4.07. The Bertz CT molecular complexity index is 1220. The van der Waals surface area contributed by atoms with Crippen molar-refractivity contribution < 1.29 is 23.6 Å². The lowest BCUT2D eigenvalue weighted by Gasteiger charge is -2.30. The molecule has 0 bridgehead atoms. The number of nitrogens with one attached hydrogen (secondary N) is 2. The zero-order valence-corrected chi connectivity index (χ0v) is 18.5. The summed E-state index contributed by atoms with van der Waals surface area (Å²) >= 11 is 0. The smallest absolute Gasteiger partial charge is 0.219 e. The molecule has 1 aromatic heterocycles. The summed E-state index contributed by atoms with van der Waals surface area (Å²) in [6.45, 7) is 0. The van der Waals surface area contributed by atoms with Crippen LogP contribution in [-0.2, 0) is 4.79 Å². The first-order valence-corrected chi connectivity index (χ1v) is 10.6. The van der Waals surface area contributed by atoms with Gasteiger partial charge in [0.25, 0.3) is 0 Å². The van der Waals surface area contributed by atoms with E-state index in [-0.39, 0.29) is 11.7 Å². The molecule has 0 unspecified atom stereocenters. The number of allylic oxidation sites excluding steroid dienone is 1. The molecular weight excluding hydrogens is 424 g/mol. The summed E-state index contributed by atoms with van der Waals surface area (Å²) < 4.78 is 21.4. The van der Waals surface area contributed by atoms with Crippen molar-refractivity contribution in [2.75, 3.05) is 32.0 Å². The lowest BCUT2D eigenvalue weighted by molar-refractivity contribution is -0.116. The average molecular weight is 448 g/mol. The van der Waals surface area contributed by atoms with Gasteiger partial charge in [0.15, 0.2) is 17.3 Å². The predicted molar refractivity (Wildman–Crippen MR) is 121 cm³/mol. The van der Waals surface area contributed by atoms with Crippen LogP contribution in [0.3, 0.4) is 0 Å². The highest BCUT2D eigenvalue weighted by Gasteiger charge is 2.38. The number of aromatic nitrogens is 2. The first-order chi connectivity index (χ1) is 16.1. The molecule has 2 aliphatic rings. The summed E-state index contributed by atoms with van der Waals surface area (Å²) in [5.74, 6) is 2.82. The fraction of sp³-hybridized carbons (Fsp3) is 0.292. The Hall–Kier alpha value is -4.01. The second-order valence-corrected chi connectivity index (χ2v) is 7.94. The molecule has 2 aromatic carbocycles. The number of ketones is 1. The molecule has 0 radical (unpaired) electrons. The highest BCUT2D eigenvalue weighted by atomic mass is 16.6. The number of hydrogen-bond donors (Lipinski definition) is 2. The van der Waals surface area contributed by atoms with Crippen LogP contribution in [0.2, 0.25) is 0 Å². The normalized spacial score (nSPS) is 19.5. The first kappa shape index (κ1) is 20.9. The van der Waals surface area contributed by atoms with E-state index in [0.717, 1.165) is 22.6 Å². The number of nitrogens with zero attached hydrogens (tertiary/aromatic N) is 2. The largest absolute Gasteiger partial charge is 0.497 e. The zero-order chi connectivity index (χ0) is 22.9. The summed E-state index contributed by atoms with van der Waals surface area (Å²) in [6.07, 6.45) is 1.01. The fourth-order valence-electron chi connectivity index (χ4n) is 4.59. The van der Waals surface area contributed by atoms with Crippen molar-refractivity contribution in [3.8, 4) is 17.2 Å². The van der Waals surface area contributed by atoms with Crippen molar-refractivity contribution in [2.24, 2.45) is 0 Å². The lowest BCUT2D eigenvalue weighted by Crippen LogP contribution is -2.27. The van der Waals surface area contributed by atoms with Crippen LogP contribution >= 0.6 is 0 Å². The maximum Gasteiger partial charge on any atom is 0.219 e. The van der Waals surface area contributed by atoms with Crippen LogP contribution in [0.5, 0.6) is 17.2 Å². The lowest BCUT2D eigenvalue weighted by atomic mass is 9.78. The average Bonchev–Trinajstić information content (AvgIpc) is 3.22. The molecule has 33 heavy (non-hydrogen) atoms. The molecule has 2 heterocycles. The van der Waals surface area contributed by atoms with E-state index in [1.807, 2.05) is 42.5 Å². The zero-order valence-electron chi connectivity index (χ0n) is 18.5. The van der Waals surface area contributed by atoms with Gasteiger partial charge in [-0.1, -0.05) is 24.3 Å². The summed E-state index contributed by atoms with van der Waals surface area (Å²) in [4.78, 5) is 13.6. The molecule has 5 rings (SSSR count). The third-order valence-electron chi connectivity index (χ3n) is 6.17. The second kappa shape index (κ2) is 8.50. The number of para-hydroxylation sites is 1. The van der Waals surface area contributed by atoms with Crippen molar-refractivity contribution in [1.82, 2.24) is 10.3 Å². The fourth-order valence-corrected chi connectivity index (χ4v) is 4.59. The van der Waals surface area contributed by atoms with Crippen LogP contribution < -0.4 is 24.8 Å². The van der Waals surface area contributed by atoms with Gasteiger partial charge < -0.3 is 24.8 Å². The highest BCUT2D eigenvalue weighted by molar-refractivity contribution is 6.01. The maximum absolute atomic E-state index is 13.6. The van der Waals surface area contributed by atoms with Crippen LogP contribution in [0, 0.1) is 0 Å². The molecule has 170 valence electrons. The van der Waals surface area contributed by atoms with Crippen LogP contribution in [0.1, 0.15) is 35.9 Å². The van der Waals surface area contributed by atoms with E-state index in [1.165, 1.54) is 0 Å². The summed E-state index contributed by atoms with van der Waals surface area (Å²) in [5, 5.41) is 14.6. The number of ether oxygens (including phenoxy) is 3. The van der Waals surface area contributed by atoms with Gasteiger partial charge in [-0.2, -0.15) is 0 Å². The first-order valence-electron chi connectivity index (χ1n) is 10.6. The van der Waals surface area contributed by atoms with E-state index in [1.54, 1.807) is 21.3 Å². The molecular formula is C24H24N4O5. The van der Waals surface area contributed by atoms with E-state index in [4.69, 9.17) is 18.8 Å². The van der Waals surface area contributed by atoms with Crippen LogP contribution in [-0.4, -0.2) is 37.4 Å². The molecule has 1 aliphatic heterocycles. The van der Waals surface area contributed by atoms with Gasteiger partial charge in [0, 0.05) is 23.3 Å². The highest BCUT2D eigenvalue weighted by Crippen LogP contribution is 2.46. The molecule has 0 saturated heterocycles. The number of methoxy groups -OCH3 is 3. The van der Waals surface area contributed by atoms with E-state index in [0.29, 0.717) is 41.5 Å². The molecule has 0 fully saturated rings. The standard InChI is InChI=1S/C24H24N4O5/c1-30-15-9-7-13(8-10-15)14-11-17-20(18(29)12-14)21(26-24-23(25-17)27-33-28-24)16-5-4-6-19(31-2)22(16)32-3/h4-10,14,21H,11-12H2,1-3H3,(H,25,27)(H,26,28)/t14-,21-/m0/s1. The molecule has 0 saturated carbocycles. The van der Waals surface area contributed by atoms with Crippen molar-refractivity contribution >= 4 is 17.4 Å². The quantitative estimate of drug-likeness (QED) is 0.597. The third-order valence-corrected chi connectivity index (χ3v) is 6.17. The number of carbonyl (C=O) groups is 1. The van der Waals surface area contributed by atoms with E-state index >= 15 is 0 Å². The SMILES string of the molecule is COc1ccc([C@@H]2CC(=O)C3=C(C2)Nc2nonc2N[C@H]3c2cccc(OC)c2OC)cc1. The minimum atomic E-state index is -0.519. The van der Waals surface area contributed by atoms with Gasteiger partial charge in [-0.3, -0.25) is 4.79 Å². The Morgan fingerprint density at radius 2 is 1.73 bits per heavy atom. The summed E-state index contributed by atoms with van der Waals surface area (Å²) in [5.41, 5.74) is 3.25. The topological polar surface area (TPSA) is 108 Å². The Labute approximate surface area is 190 Å². The second-order valence-electron chi connectivity index (χ2n) is 7.94. The van der Waals surface area contributed by atoms with Gasteiger partial charge in [0.2, 0.25) is 11.6 Å². The minimum Gasteiger partial charge on any atom is -0.497 e. The monoisotopic (exact) mass is 448 g/mol. The third kappa shape index (κ3) is 3.65. The molecule has 0 spiro atoms. The van der Waals surface area contributed by atoms with Crippen LogP contribution in [0.15, 0.2) is 58.4 Å². The van der Waals surface area contributed by atoms with Crippen molar-refractivity contribution in [3.63, 3.8) is 0 Å². The Balaban J connectivity index is 1.60. The molecule has 2 N–H and O–H groups in total. The molecule has 0 amide bonds. The number of fused-ring (bicyclic) bond motifs is 1. The maximum atomic E-state index is 13.6. The number of Topliss-reactive ketones (excluding diaryl/α,β-unsaturated/α-hetero) is 1. The van der Waals surface area contributed by atoms with Crippen LogP contribution in [0.25, 0.3) is 0 Å². The molecule has 2 atom stereocenters. The van der Waals surface area contributed by atoms with Crippen molar-refractivity contribution in [3.05, 3.63) is 64.9 Å². The Morgan fingerprint density at radius 3 is 2.45 bits per heavy atom. The number of anilines is 2. The Kier molecular flexibility index (Phi) is 5.37.